The van der Waals surface area contributed by atoms with Crippen LogP contribution < -0.4 is 9.64 Å². The maximum atomic E-state index is 12.2. The normalized spacial score (nSPS) is 10.1. The molecule has 0 aliphatic heterocycles. The van der Waals surface area contributed by atoms with E-state index in [1.807, 2.05) is 60.7 Å². The summed E-state index contributed by atoms with van der Waals surface area (Å²) in [4.78, 5) is 25.8. The summed E-state index contributed by atoms with van der Waals surface area (Å²) < 4.78 is 10.8. The minimum absolute atomic E-state index is 0.307. The zero-order valence-electron chi connectivity index (χ0n) is 14.9. The molecule has 0 fully saturated rings. The van der Waals surface area contributed by atoms with Crippen molar-refractivity contribution in [2.75, 3.05) is 18.6 Å². The average molecular weight is 361 g/mol. The van der Waals surface area contributed by atoms with E-state index in [9.17, 15) is 9.59 Å². The summed E-state index contributed by atoms with van der Waals surface area (Å²) in [6.07, 6.45) is 0. The minimum atomic E-state index is -0.559. The van der Waals surface area contributed by atoms with Crippen LogP contribution in [0.5, 0.6) is 11.5 Å². The number of esters is 1. The molecule has 0 aliphatic rings. The SMILES string of the molecule is CN(C(=O)COC(=O)c1ccc(Oc2ccccc2)cc1)c1ccccc1. The Morgan fingerprint density at radius 2 is 1.33 bits per heavy atom. The number of benzene rings is 3. The molecule has 0 saturated carbocycles. The maximum absolute atomic E-state index is 12.2. The predicted molar refractivity (Wildman–Crippen MR) is 103 cm³/mol. The van der Waals surface area contributed by atoms with Gasteiger partial charge in [-0.2, -0.15) is 0 Å². The molecule has 0 unspecified atom stereocenters. The molecule has 3 aromatic carbocycles. The third-order valence-corrected chi connectivity index (χ3v) is 3.91. The van der Waals surface area contributed by atoms with E-state index >= 15 is 0 Å². The van der Waals surface area contributed by atoms with Gasteiger partial charge in [-0.25, -0.2) is 4.79 Å². The number of rotatable bonds is 6. The van der Waals surface area contributed by atoms with Crippen molar-refractivity contribution in [3.63, 3.8) is 0 Å². The molecule has 0 atom stereocenters. The Kier molecular flexibility index (Phi) is 5.84. The van der Waals surface area contributed by atoms with Crippen LogP contribution in [0.4, 0.5) is 5.69 Å². The van der Waals surface area contributed by atoms with Crippen LogP contribution >= 0.6 is 0 Å². The van der Waals surface area contributed by atoms with E-state index in [-0.39, 0.29) is 12.5 Å². The first-order chi connectivity index (χ1) is 13.1. The summed E-state index contributed by atoms with van der Waals surface area (Å²) in [6, 6.07) is 25.1. The number of nitrogens with zero attached hydrogens (tertiary/aromatic N) is 1. The Morgan fingerprint density at radius 3 is 1.96 bits per heavy atom. The summed E-state index contributed by atoms with van der Waals surface area (Å²) in [7, 11) is 1.64. The van der Waals surface area contributed by atoms with Crippen molar-refractivity contribution in [2.45, 2.75) is 0 Å². The fourth-order valence-electron chi connectivity index (χ4n) is 2.39. The molecule has 5 nitrogen and oxygen atoms in total. The van der Waals surface area contributed by atoms with Crippen LogP contribution in [0.2, 0.25) is 0 Å². The van der Waals surface area contributed by atoms with E-state index in [0.717, 1.165) is 5.69 Å². The smallest absolute Gasteiger partial charge is 0.338 e. The monoisotopic (exact) mass is 361 g/mol. The number of hydrogen-bond acceptors (Lipinski definition) is 4. The van der Waals surface area contributed by atoms with E-state index in [1.165, 1.54) is 4.90 Å². The van der Waals surface area contributed by atoms with Gasteiger partial charge in [-0.1, -0.05) is 36.4 Å². The van der Waals surface area contributed by atoms with Crippen LogP contribution in [0, 0.1) is 0 Å². The molecule has 0 bridgehead atoms. The van der Waals surface area contributed by atoms with Crippen LogP contribution in [0.25, 0.3) is 0 Å². The minimum Gasteiger partial charge on any atom is -0.457 e. The van der Waals surface area contributed by atoms with Gasteiger partial charge in [0.25, 0.3) is 5.91 Å². The number of carbonyl (C=O) groups excluding carboxylic acids is 2. The summed E-state index contributed by atoms with van der Waals surface area (Å²) in [5, 5.41) is 0. The van der Waals surface area contributed by atoms with Gasteiger partial charge < -0.3 is 14.4 Å². The van der Waals surface area contributed by atoms with Crippen LogP contribution in [-0.4, -0.2) is 25.5 Å². The van der Waals surface area contributed by atoms with Crippen LogP contribution in [0.1, 0.15) is 10.4 Å². The van der Waals surface area contributed by atoms with Crippen molar-refractivity contribution in [2.24, 2.45) is 0 Å². The van der Waals surface area contributed by atoms with Crippen molar-refractivity contribution >= 4 is 17.6 Å². The third kappa shape index (κ3) is 4.95. The molecule has 0 aromatic heterocycles. The van der Waals surface area contributed by atoms with Gasteiger partial charge in [0.15, 0.2) is 6.61 Å². The molecule has 0 spiro atoms. The van der Waals surface area contributed by atoms with Crippen molar-refractivity contribution in [3.8, 4) is 11.5 Å². The number of likely N-dealkylation sites (N-methyl/N-ethyl adjacent to an activating group) is 1. The van der Waals surface area contributed by atoms with Gasteiger partial charge >= 0.3 is 5.97 Å². The van der Waals surface area contributed by atoms with Gasteiger partial charge in [0.05, 0.1) is 5.56 Å². The van der Waals surface area contributed by atoms with Gasteiger partial charge in [-0.05, 0) is 48.5 Å². The largest absolute Gasteiger partial charge is 0.457 e. The Labute approximate surface area is 157 Å². The molecule has 5 heteroatoms. The van der Waals surface area contributed by atoms with E-state index in [4.69, 9.17) is 9.47 Å². The molecule has 1 amide bonds. The number of hydrogen-bond donors (Lipinski definition) is 0. The second-order valence-electron chi connectivity index (χ2n) is 5.80. The lowest BCUT2D eigenvalue weighted by atomic mass is 10.2. The Morgan fingerprint density at radius 1 is 0.778 bits per heavy atom. The maximum Gasteiger partial charge on any atom is 0.338 e. The van der Waals surface area contributed by atoms with Gasteiger partial charge in [-0.15, -0.1) is 0 Å². The standard InChI is InChI=1S/C22H19NO4/c1-23(18-8-4-2-5-9-18)21(24)16-26-22(25)17-12-14-20(15-13-17)27-19-10-6-3-7-11-19/h2-15H,16H2,1H3. The van der Waals surface area contributed by atoms with E-state index < -0.39 is 5.97 Å². The van der Waals surface area contributed by atoms with Gasteiger partial charge in [0.1, 0.15) is 11.5 Å². The van der Waals surface area contributed by atoms with Crippen LogP contribution in [0.15, 0.2) is 84.9 Å². The lowest BCUT2D eigenvalue weighted by molar-refractivity contribution is -0.121. The number of amides is 1. The summed E-state index contributed by atoms with van der Waals surface area (Å²) in [6.45, 7) is -0.327. The lowest BCUT2D eigenvalue weighted by Gasteiger charge is -2.17. The second kappa shape index (κ2) is 8.67. The zero-order chi connectivity index (χ0) is 19.1. The Balaban J connectivity index is 1.54. The van der Waals surface area contributed by atoms with Gasteiger partial charge in [-0.3, -0.25) is 4.79 Å². The first-order valence-corrected chi connectivity index (χ1v) is 8.45. The first-order valence-electron chi connectivity index (χ1n) is 8.45. The molecular weight excluding hydrogens is 342 g/mol. The van der Waals surface area contributed by atoms with Crippen molar-refractivity contribution in [1.29, 1.82) is 0 Å². The predicted octanol–water partition coefficient (Wildman–Crippen LogP) is 4.30. The number of ether oxygens (including phenoxy) is 2. The molecule has 0 heterocycles. The molecule has 0 radical (unpaired) electrons. The molecule has 0 saturated heterocycles. The van der Waals surface area contributed by atoms with Crippen molar-refractivity contribution in [1.82, 2.24) is 0 Å². The first kappa shape index (κ1) is 18.2. The fourth-order valence-corrected chi connectivity index (χ4v) is 2.39. The van der Waals surface area contributed by atoms with E-state index in [2.05, 4.69) is 0 Å². The van der Waals surface area contributed by atoms with Crippen molar-refractivity contribution in [3.05, 3.63) is 90.5 Å². The molecule has 0 N–H and O–H groups in total. The highest BCUT2D eigenvalue weighted by Crippen LogP contribution is 2.21. The molecule has 3 rings (SSSR count). The van der Waals surface area contributed by atoms with E-state index in [1.54, 1.807) is 31.3 Å². The van der Waals surface area contributed by atoms with Crippen LogP contribution in [0.3, 0.4) is 0 Å². The average Bonchev–Trinajstić information content (AvgIpc) is 2.73. The number of anilines is 1. The van der Waals surface area contributed by atoms with Gasteiger partial charge in [0.2, 0.25) is 0 Å². The van der Waals surface area contributed by atoms with Crippen molar-refractivity contribution < 1.29 is 19.1 Å². The van der Waals surface area contributed by atoms with Gasteiger partial charge in [0, 0.05) is 12.7 Å². The molecule has 0 aliphatic carbocycles. The molecule has 27 heavy (non-hydrogen) atoms. The topological polar surface area (TPSA) is 55.8 Å². The highest BCUT2D eigenvalue weighted by atomic mass is 16.5. The summed E-state index contributed by atoms with van der Waals surface area (Å²) in [5.41, 5.74) is 1.09. The number of para-hydroxylation sites is 2. The Hall–Kier alpha value is -3.60. The lowest BCUT2D eigenvalue weighted by Crippen LogP contribution is -2.31. The Bertz CT molecular complexity index is 893. The van der Waals surface area contributed by atoms with Crippen LogP contribution in [-0.2, 0) is 9.53 Å². The number of carbonyl (C=O) groups is 2. The summed E-state index contributed by atoms with van der Waals surface area (Å²) in [5.74, 6) is 0.453. The quantitative estimate of drug-likeness (QED) is 0.614. The highest BCUT2D eigenvalue weighted by molar-refractivity contribution is 5.96. The molecule has 136 valence electrons. The third-order valence-electron chi connectivity index (χ3n) is 3.91. The highest BCUT2D eigenvalue weighted by Gasteiger charge is 2.14. The molecule has 3 aromatic rings. The summed E-state index contributed by atoms with van der Waals surface area (Å²) >= 11 is 0. The van der Waals surface area contributed by atoms with E-state index in [0.29, 0.717) is 17.1 Å². The molecular formula is C22H19NO4. The fraction of sp³-hybridized carbons (Fsp3) is 0.0909. The second-order valence-corrected chi connectivity index (χ2v) is 5.80. The zero-order valence-corrected chi connectivity index (χ0v) is 14.9.